The summed E-state index contributed by atoms with van der Waals surface area (Å²) in [6.07, 6.45) is 0. The number of nitrogens with one attached hydrogen (secondary N) is 1. The molecule has 1 heterocycles. The number of rotatable bonds is 4. The minimum absolute atomic E-state index is 0.217. The first-order valence-electron chi connectivity index (χ1n) is 6.39. The molecular formula is C15H13Cl3N2O2. The van der Waals surface area contributed by atoms with Crippen molar-refractivity contribution >= 4 is 46.4 Å². The lowest BCUT2D eigenvalue weighted by molar-refractivity contribution is -0.118. The van der Waals surface area contributed by atoms with Crippen LogP contribution in [0.2, 0.25) is 15.1 Å². The van der Waals surface area contributed by atoms with Gasteiger partial charge in [-0.1, -0.05) is 34.8 Å². The van der Waals surface area contributed by atoms with Gasteiger partial charge in [-0.2, -0.15) is 0 Å². The van der Waals surface area contributed by atoms with Gasteiger partial charge >= 0.3 is 0 Å². The quantitative estimate of drug-likeness (QED) is 0.862. The highest BCUT2D eigenvalue weighted by Gasteiger charge is 2.15. The van der Waals surface area contributed by atoms with Gasteiger partial charge < -0.3 is 10.1 Å². The molecule has 0 aliphatic heterocycles. The van der Waals surface area contributed by atoms with E-state index in [1.165, 1.54) is 0 Å². The van der Waals surface area contributed by atoms with Crippen LogP contribution in [0.1, 0.15) is 11.4 Å². The molecule has 0 radical (unpaired) electrons. The molecule has 1 aromatic carbocycles. The highest BCUT2D eigenvalue weighted by molar-refractivity contribution is 6.37. The number of halogens is 3. The lowest BCUT2D eigenvalue weighted by atomic mass is 10.3. The number of aryl methyl sites for hydroxylation is 2. The average molecular weight is 360 g/mol. The van der Waals surface area contributed by atoms with Gasteiger partial charge in [0.2, 0.25) is 0 Å². The summed E-state index contributed by atoms with van der Waals surface area (Å²) in [5.74, 6) is -0.0684. The molecule has 0 bridgehead atoms. The molecule has 0 saturated heterocycles. The first-order valence-corrected chi connectivity index (χ1v) is 7.52. The molecule has 1 aromatic heterocycles. The molecule has 1 amide bonds. The molecule has 22 heavy (non-hydrogen) atoms. The van der Waals surface area contributed by atoms with E-state index in [2.05, 4.69) is 10.3 Å². The molecule has 2 rings (SSSR count). The number of aromatic nitrogens is 1. The highest BCUT2D eigenvalue weighted by Crippen LogP contribution is 2.36. The number of carbonyl (C=O) groups excluding carboxylic acids is 1. The Kier molecular flexibility index (Phi) is 5.51. The fraction of sp³-hybridized carbons (Fsp3) is 0.200. The molecule has 1 N–H and O–H groups in total. The third kappa shape index (κ3) is 4.03. The fourth-order valence-electron chi connectivity index (χ4n) is 1.77. The summed E-state index contributed by atoms with van der Waals surface area (Å²) in [6.45, 7) is 3.27. The molecule has 0 spiro atoms. The second-order valence-electron chi connectivity index (χ2n) is 4.58. The lowest BCUT2D eigenvalue weighted by Crippen LogP contribution is -2.20. The number of benzene rings is 1. The third-order valence-electron chi connectivity index (χ3n) is 2.84. The van der Waals surface area contributed by atoms with E-state index in [9.17, 15) is 4.79 Å². The maximum atomic E-state index is 11.9. The zero-order valence-corrected chi connectivity index (χ0v) is 14.2. The van der Waals surface area contributed by atoms with Gasteiger partial charge in [0.25, 0.3) is 5.91 Å². The van der Waals surface area contributed by atoms with Gasteiger partial charge in [-0.25, -0.2) is 0 Å². The Bertz CT molecular complexity index is 677. The predicted octanol–water partition coefficient (Wildman–Crippen LogP) is 4.68. The number of ether oxygens (including phenoxy) is 1. The topological polar surface area (TPSA) is 51.2 Å². The van der Waals surface area contributed by atoms with Crippen LogP contribution >= 0.6 is 34.8 Å². The number of amides is 1. The Labute approximate surface area is 143 Å². The van der Waals surface area contributed by atoms with Gasteiger partial charge in [0.05, 0.1) is 11.4 Å². The van der Waals surface area contributed by atoms with E-state index >= 15 is 0 Å². The lowest BCUT2D eigenvalue weighted by Gasteiger charge is -2.13. The van der Waals surface area contributed by atoms with Crippen LogP contribution in [0, 0.1) is 13.8 Å². The van der Waals surface area contributed by atoms with Crippen molar-refractivity contribution in [3.63, 3.8) is 0 Å². The Balaban J connectivity index is 2.04. The number of nitrogens with zero attached hydrogens (tertiary/aromatic N) is 1. The predicted molar refractivity (Wildman–Crippen MR) is 89.3 cm³/mol. The molecule has 0 atom stereocenters. The van der Waals surface area contributed by atoms with Crippen LogP contribution in [0.5, 0.6) is 5.75 Å². The number of anilines is 1. The summed E-state index contributed by atoms with van der Waals surface area (Å²) in [7, 11) is 0. The van der Waals surface area contributed by atoms with Crippen molar-refractivity contribution in [2.75, 3.05) is 11.9 Å². The van der Waals surface area contributed by atoms with E-state index in [4.69, 9.17) is 39.5 Å². The number of hydrogen-bond donors (Lipinski definition) is 1. The number of hydrogen-bond acceptors (Lipinski definition) is 3. The van der Waals surface area contributed by atoms with Crippen molar-refractivity contribution in [3.8, 4) is 5.75 Å². The van der Waals surface area contributed by atoms with E-state index in [0.29, 0.717) is 32.1 Å². The maximum absolute atomic E-state index is 11.9. The summed E-state index contributed by atoms with van der Waals surface area (Å²) in [5.41, 5.74) is 1.81. The molecule has 7 heteroatoms. The second kappa shape index (κ2) is 7.18. The van der Waals surface area contributed by atoms with Crippen molar-refractivity contribution in [2.24, 2.45) is 0 Å². The Hall–Kier alpha value is -1.49. The van der Waals surface area contributed by atoms with E-state index in [0.717, 1.165) is 0 Å². The Morgan fingerprint density at radius 2 is 1.64 bits per heavy atom. The summed E-state index contributed by atoms with van der Waals surface area (Å²) < 4.78 is 5.44. The molecule has 0 aliphatic carbocycles. The van der Waals surface area contributed by atoms with Crippen LogP contribution < -0.4 is 10.1 Å². The molecule has 0 saturated carbocycles. The summed E-state index contributed by atoms with van der Waals surface area (Å²) in [5, 5.41) is 3.88. The van der Waals surface area contributed by atoms with Crippen molar-refractivity contribution in [3.05, 3.63) is 50.7 Å². The average Bonchev–Trinajstić information content (AvgIpc) is 2.47. The van der Waals surface area contributed by atoms with Gasteiger partial charge in [0.15, 0.2) is 12.4 Å². The summed E-state index contributed by atoms with van der Waals surface area (Å²) in [6, 6.07) is 6.75. The Morgan fingerprint density at radius 3 is 2.18 bits per heavy atom. The van der Waals surface area contributed by atoms with E-state index in [1.54, 1.807) is 38.1 Å². The number of pyridine rings is 1. The minimum Gasteiger partial charge on any atom is -0.480 e. The van der Waals surface area contributed by atoms with Gasteiger partial charge in [-0.05, 0) is 38.1 Å². The van der Waals surface area contributed by atoms with Crippen molar-refractivity contribution in [2.45, 2.75) is 13.8 Å². The minimum atomic E-state index is -0.332. The van der Waals surface area contributed by atoms with E-state index < -0.39 is 0 Å². The maximum Gasteiger partial charge on any atom is 0.262 e. The molecule has 116 valence electrons. The van der Waals surface area contributed by atoms with Crippen LogP contribution in [0.25, 0.3) is 0 Å². The zero-order valence-electron chi connectivity index (χ0n) is 11.9. The first-order chi connectivity index (χ1) is 10.4. The summed E-state index contributed by atoms with van der Waals surface area (Å²) >= 11 is 18.0. The van der Waals surface area contributed by atoms with Crippen LogP contribution in [-0.2, 0) is 4.79 Å². The molecule has 0 unspecified atom stereocenters. The van der Waals surface area contributed by atoms with E-state index in [-0.39, 0.29) is 18.3 Å². The van der Waals surface area contributed by atoms with Crippen LogP contribution in [0.15, 0.2) is 24.3 Å². The highest BCUT2D eigenvalue weighted by atomic mass is 35.5. The molecular weight excluding hydrogens is 347 g/mol. The normalized spacial score (nSPS) is 10.4. The van der Waals surface area contributed by atoms with E-state index in [1.807, 2.05) is 0 Å². The van der Waals surface area contributed by atoms with Crippen molar-refractivity contribution < 1.29 is 9.53 Å². The van der Waals surface area contributed by atoms with Crippen molar-refractivity contribution in [1.29, 1.82) is 0 Å². The Morgan fingerprint density at radius 1 is 1.09 bits per heavy atom. The van der Waals surface area contributed by atoms with Gasteiger partial charge in [0.1, 0.15) is 10.0 Å². The fourth-order valence-corrected chi connectivity index (χ4v) is 2.33. The zero-order chi connectivity index (χ0) is 16.3. The number of carbonyl (C=O) groups is 1. The third-order valence-corrected chi connectivity index (χ3v) is 3.99. The second-order valence-corrected chi connectivity index (χ2v) is 5.78. The van der Waals surface area contributed by atoms with Crippen molar-refractivity contribution in [1.82, 2.24) is 4.98 Å². The van der Waals surface area contributed by atoms with Crippen LogP contribution in [0.4, 0.5) is 5.69 Å². The smallest absolute Gasteiger partial charge is 0.262 e. The SMILES string of the molecule is Cc1nc(C)c(Cl)c(OCC(=O)Nc2ccc(Cl)cc2)c1Cl. The largest absolute Gasteiger partial charge is 0.480 e. The van der Waals surface area contributed by atoms with Crippen LogP contribution in [-0.4, -0.2) is 17.5 Å². The molecule has 2 aromatic rings. The van der Waals surface area contributed by atoms with Gasteiger partial charge in [-0.3, -0.25) is 9.78 Å². The monoisotopic (exact) mass is 358 g/mol. The van der Waals surface area contributed by atoms with Gasteiger partial charge in [-0.15, -0.1) is 0 Å². The molecule has 0 aliphatic rings. The molecule has 4 nitrogen and oxygen atoms in total. The summed E-state index contributed by atoms with van der Waals surface area (Å²) in [4.78, 5) is 16.1. The van der Waals surface area contributed by atoms with Gasteiger partial charge in [0, 0.05) is 10.7 Å². The standard InChI is InChI=1S/C15H13Cl3N2O2/c1-8-13(17)15(14(18)9(2)19-8)22-7-12(21)20-11-5-3-10(16)4-6-11/h3-6H,7H2,1-2H3,(H,20,21). The first kappa shape index (κ1) is 16.9. The van der Waals surface area contributed by atoms with Crippen LogP contribution in [0.3, 0.4) is 0 Å². The molecule has 0 fully saturated rings.